The molecule has 0 saturated carbocycles. The van der Waals surface area contributed by atoms with Crippen LogP contribution in [0.3, 0.4) is 0 Å². The van der Waals surface area contributed by atoms with Gasteiger partial charge in [-0.3, -0.25) is 10.9 Å². The van der Waals surface area contributed by atoms with E-state index in [9.17, 15) is 0 Å². The van der Waals surface area contributed by atoms with Gasteiger partial charge in [0.1, 0.15) is 0 Å². The van der Waals surface area contributed by atoms with Gasteiger partial charge in [-0.25, -0.2) is 0 Å². The summed E-state index contributed by atoms with van der Waals surface area (Å²) in [5.74, 6) is 0. The maximum atomic E-state index is 3.28. The topological polar surface area (TPSA) is 24.1 Å². The van der Waals surface area contributed by atoms with Crippen molar-refractivity contribution in [2.75, 3.05) is 13.6 Å². The molecule has 3 aliphatic carbocycles. The highest BCUT2D eigenvalue weighted by Crippen LogP contribution is 2.33. The van der Waals surface area contributed by atoms with Crippen LogP contribution in [0.4, 0.5) is 0 Å². The zero-order valence-electron chi connectivity index (χ0n) is 13.3. The van der Waals surface area contributed by atoms with Gasteiger partial charge in [-0.05, 0) is 95.0 Å². The normalized spacial score (nSPS) is 18.1. The molecule has 2 N–H and O–H groups in total. The molecular weight excluding hydrogens is 256 g/mol. The molecule has 3 aliphatic rings. The molecular formula is C19H22N2. The standard InChI is InChI=1S/C19H22N2/c1-10-13-7-5-6-8-14-17(13)12(3)18-15(9-21-20-4)11(2)16(10)19(14)18/h7-8,20-21H,5-6,9H2,1-4H3. The first-order chi connectivity index (χ1) is 10.2. The molecule has 1 aromatic rings. The van der Waals surface area contributed by atoms with Crippen molar-refractivity contribution in [3.63, 3.8) is 0 Å². The lowest BCUT2D eigenvalue weighted by Crippen LogP contribution is -2.48. The molecule has 0 fully saturated rings. The molecule has 0 unspecified atom stereocenters. The van der Waals surface area contributed by atoms with Crippen molar-refractivity contribution in [1.29, 1.82) is 0 Å². The van der Waals surface area contributed by atoms with Gasteiger partial charge in [0, 0.05) is 6.54 Å². The molecule has 0 saturated heterocycles. The Morgan fingerprint density at radius 3 is 2.38 bits per heavy atom. The van der Waals surface area contributed by atoms with Gasteiger partial charge in [-0.1, -0.05) is 12.2 Å². The van der Waals surface area contributed by atoms with Crippen LogP contribution in [0.2, 0.25) is 0 Å². The second-order valence-electron chi connectivity index (χ2n) is 6.27. The summed E-state index contributed by atoms with van der Waals surface area (Å²) in [4.78, 5) is 0. The number of hydrazine groups is 1. The predicted molar refractivity (Wildman–Crippen MR) is 90.0 cm³/mol. The van der Waals surface area contributed by atoms with E-state index in [0.717, 1.165) is 13.0 Å². The molecule has 4 rings (SSSR count). The average Bonchev–Trinajstić information content (AvgIpc) is 2.77. The first-order valence-corrected chi connectivity index (χ1v) is 7.85. The minimum atomic E-state index is 0.884. The molecule has 0 heterocycles. The van der Waals surface area contributed by atoms with E-state index in [1.165, 1.54) is 60.7 Å². The van der Waals surface area contributed by atoms with Crippen LogP contribution in [0, 0.1) is 6.92 Å². The smallest absolute Gasteiger partial charge is 0.0360 e. The van der Waals surface area contributed by atoms with Crippen LogP contribution in [0.5, 0.6) is 0 Å². The third-order valence-corrected chi connectivity index (χ3v) is 5.27. The quantitative estimate of drug-likeness (QED) is 0.772. The maximum absolute atomic E-state index is 3.28. The Hall–Kier alpha value is -1.64. The Morgan fingerprint density at radius 1 is 0.952 bits per heavy atom. The lowest BCUT2D eigenvalue weighted by molar-refractivity contribution is 0.640. The molecule has 0 amide bonds. The zero-order valence-corrected chi connectivity index (χ0v) is 13.3. The summed E-state index contributed by atoms with van der Waals surface area (Å²) in [5, 5.41) is 6.02. The summed E-state index contributed by atoms with van der Waals surface area (Å²) in [7, 11) is 1.93. The van der Waals surface area contributed by atoms with Crippen molar-refractivity contribution in [2.24, 2.45) is 0 Å². The average molecular weight is 278 g/mol. The lowest BCUT2D eigenvalue weighted by atomic mass is 9.93. The van der Waals surface area contributed by atoms with E-state index in [-0.39, 0.29) is 0 Å². The van der Waals surface area contributed by atoms with Gasteiger partial charge < -0.3 is 0 Å². The third-order valence-electron chi connectivity index (χ3n) is 5.27. The summed E-state index contributed by atoms with van der Waals surface area (Å²) < 4.78 is 0. The number of hydrogen-bond donors (Lipinski definition) is 2. The first-order valence-electron chi connectivity index (χ1n) is 7.85. The fraction of sp³-hybridized carbons (Fsp3) is 0.368. The van der Waals surface area contributed by atoms with E-state index in [4.69, 9.17) is 0 Å². The molecule has 0 aromatic heterocycles. The Morgan fingerprint density at radius 2 is 1.67 bits per heavy atom. The Balaban J connectivity index is 2.17. The van der Waals surface area contributed by atoms with Crippen molar-refractivity contribution in [1.82, 2.24) is 10.9 Å². The van der Waals surface area contributed by atoms with Crippen LogP contribution in [0.15, 0.2) is 5.57 Å². The molecule has 2 nitrogen and oxygen atoms in total. The molecule has 0 aliphatic heterocycles. The van der Waals surface area contributed by atoms with Crippen molar-refractivity contribution >= 4 is 28.9 Å². The fourth-order valence-corrected chi connectivity index (χ4v) is 4.39. The number of hydrogen-bond acceptors (Lipinski definition) is 2. The Kier molecular flexibility index (Phi) is 2.75. The molecule has 0 spiro atoms. The highest BCUT2D eigenvalue weighted by molar-refractivity contribution is 6.08. The van der Waals surface area contributed by atoms with E-state index >= 15 is 0 Å². The molecule has 108 valence electrons. The van der Waals surface area contributed by atoms with Crippen LogP contribution in [-0.2, 0) is 0 Å². The van der Waals surface area contributed by atoms with Crippen LogP contribution in [0.25, 0.3) is 28.9 Å². The van der Waals surface area contributed by atoms with Gasteiger partial charge in [0.2, 0.25) is 0 Å². The molecule has 0 radical (unpaired) electrons. The minimum absolute atomic E-state index is 0.884. The zero-order chi connectivity index (χ0) is 14.7. The van der Waals surface area contributed by atoms with Crippen molar-refractivity contribution in [3.05, 3.63) is 37.6 Å². The summed E-state index contributed by atoms with van der Waals surface area (Å²) in [5.41, 5.74) is 15.2. The molecule has 4 bridgehead atoms. The Labute approximate surface area is 125 Å². The maximum Gasteiger partial charge on any atom is 0.0360 e. The van der Waals surface area contributed by atoms with Crippen molar-refractivity contribution < 1.29 is 0 Å². The van der Waals surface area contributed by atoms with E-state index in [1.807, 2.05) is 7.05 Å². The second kappa shape index (κ2) is 4.43. The monoisotopic (exact) mass is 278 g/mol. The fourth-order valence-electron chi connectivity index (χ4n) is 4.39. The molecule has 1 aromatic carbocycles. The van der Waals surface area contributed by atoms with Gasteiger partial charge in [0.15, 0.2) is 0 Å². The number of allylic oxidation sites excluding steroid dienone is 1. The van der Waals surface area contributed by atoms with Crippen molar-refractivity contribution in [3.8, 4) is 0 Å². The highest BCUT2D eigenvalue weighted by Gasteiger charge is 2.29. The van der Waals surface area contributed by atoms with Gasteiger partial charge >= 0.3 is 0 Å². The van der Waals surface area contributed by atoms with E-state index in [1.54, 1.807) is 0 Å². The van der Waals surface area contributed by atoms with Crippen molar-refractivity contribution in [2.45, 2.75) is 33.6 Å². The Bertz CT molecular complexity index is 943. The largest absolute Gasteiger partial charge is 0.261 e. The number of rotatable bonds is 3. The second-order valence-corrected chi connectivity index (χ2v) is 6.27. The van der Waals surface area contributed by atoms with E-state index in [2.05, 4.69) is 43.8 Å². The third kappa shape index (κ3) is 1.49. The summed E-state index contributed by atoms with van der Waals surface area (Å²) in [6, 6.07) is 0. The molecule has 2 heteroatoms. The molecule has 21 heavy (non-hydrogen) atoms. The summed E-state index contributed by atoms with van der Waals surface area (Å²) in [6.45, 7) is 7.78. The van der Waals surface area contributed by atoms with Gasteiger partial charge in [0.25, 0.3) is 0 Å². The summed E-state index contributed by atoms with van der Waals surface area (Å²) in [6.07, 6.45) is 7.23. The van der Waals surface area contributed by atoms with E-state index < -0.39 is 0 Å². The minimum Gasteiger partial charge on any atom is -0.261 e. The van der Waals surface area contributed by atoms with Gasteiger partial charge in [-0.2, -0.15) is 0 Å². The highest BCUT2D eigenvalue weighted by atomic mass is 15.3. The predicted octanol–water partition coefficient (Wildman–Crippen LogP) is 0.196. The van der Waals surface area contributed by atoms with E-state index in [0.29, 0.717) is 0 Å². The van der Waals surface area contributed by atoms with Crippen LogP contribution >= 0.6 is 0 Å². The van der Waals surface area contributed by atoms with Crippen LogP contribution in [0.1, 0.15) is 37.8 Å². The lowest BCUT2D eigenvalue weighted by Gasteiger charge is -2.14. The number of benzene rings is 1. The first kappa shape index (κ1) is 13.1. The van der Waals surface area contributed by atoms with Crippen LogP contribution in [-0.4, -0.2) is 13.6 Å². The van der Waals surface area contributed by atoms with Gasteiger partial charge in [-0.15, -0.1) is 0 Å². The number of nitrogens with one attached hydrogen (secondary N) is 2. The van der Waals surface area contributed by atoms with Crippen LogP contribution < -0.4 is 31.7 Å². The SMILES string of the molecule is CNNCC1=C(C)c2c(C)c3c4c(c2=C1C=4C)=CCCC=3. The summed E-state index contributed by atoms with van der Waals surface area (Å²) >= 11 is 0. The van der Waals surface area contributed by atoms with Gasteiger partial charge in [0.05, 0.1) is 0 Å². The molecule has 0 atom stereocenters.